The van der Waals surface area contributed by atoms with E-state index in [1.54, 1.807) is 0 Å². The molecule has 1 heterocycles. The average molecular weight is 404 g/mol. The number of alkyl halides is 5. The molecule has 2 aromatic rings. The van der Waals surface area contributed by atoms with E-state index in [0.29, 0.717) is 5.56 Å². The maximum absolute atomic E-state index is 14.6. The largest absolute Gasteiger partial charge is 0.522 e. The maximum Gasteiger partial charge on any atom is 0.522 e. The van der Waals surface area contributed by atoms with Gasteiger partial charge in [-0.3, -0.25) is 4.74 Å². The zero-order valence-electron chi connectivity index (χ0n) is 15.3. The SMILES string of the molecule is [2H]C1=CCN(c2ccc(OCCOC(F)(F)F)cc2F)c2cc(C(F)F)ccc21. The van der Waals surface area contributed by atoms with Gasteiger partial charge in [0.15, 0.2) is 5.82 Å². The van der Waals surface area contributed by atoms with Crippen molar-refractivity contribution < 1.29 is 37.2 Å². The summed E-state index contributed by atoms with van der Waals surface area (Å²) in [5, 5.41) is 0. The standard InChI is InChI=1S/C19H15F6NO2/c20-15-11-14(27-8-9-28-19(23,24)25)5-6-16(15)26-7-1-2-12-3-4-13(18(21)22)10-17(12)26/h1-6,10-11,18H,7-9H2/i2D. The molecule has 0 saturated heterocycles. The van der Waals surface area contributed by atoms with Gasteiger partial charge in [-0.2, -0.15) is 0 Å². The van der Waals surface area contributed by atoms with Gasteiger partial charge >= 0.3 is 6.36 Å². The highest BCUT2D eigenvalue weighted by molar-refractivity contribution is 5.78. The van der Waals surface area contributed by atoms with Crippen molar-refractivity contribution in [3.63, 3.8) is 0 Å². The van der Waals surface area contributed by atoms with Gasteiger partial charge in [-0.15, -0.1) is 13.2 Å². The molecule has 0 aromatic heterocycles. The van der Waals surface area contributed by atoms with E-state index in [1.807, 2.05) is 0 Å². The Bertz CT molecular complexity index is 916. The number of hydrogen-bond acceptors (Lipinski definition) is 3. The van der Waals surface area contributed by atoms with E-state index in [9.17, 15) is 26.3 Å². The fourth-order valence-electron chi connectivity index (χ4n) is 2.72. The minimum absolute atomic E-state index is 0.00712. The Morgan fingerprint density at radius 3 is 2.54 bits per heavy atom. The normalized spacial score (nSPS) is 14.6. The van der Waals surface area contributed by atoms with Gasteiger partial charge in [0.2, 0.25) is 0 Å². The zero-order chi connectivity index (χ0) is 21.2. The van der Waals surface area contributed by atoms with Crippen molar-refractivity contribution in [1.29, 1.82) is 0 Å². The summed E-state index contributed by atoms with van der Waals surface area (Å²) in [5.74, 6) is -0.762. The molecule has 9 heteroatoms. The van der Waals surface area contributed by atoms with Crippen LogP contribution < -0.4 is 9.64 Å². The average Bonchev–Trinajstić information content (AvgIpc) is 2.65. The summed E-state index contributed by atoms with van der Waals surface area (Å²) < 4.78 is 93.1. The van der Waals surface area contributed by atoms with E-state index in [-0.39, 0.29) is 35.3 Å². The molecule has 3 rings (SSSR count). The zero-order valence-corrected chi connectivity index (χ0v) is 14.3. The summed E-state index contributed by atoms with van der Waals surface area (Å²) >= 11 is 0. The Balaban J connectivity index is 1.80. The molecule has 3 nitrogen and oxygen atoms in total. The second-order valence-electron chi connectivity index (χ2n) is 5.79. The number of anilines is 2. The molecule has 0 aliphatic carbocycles. The first-order valence-corrected chi connectivity index (χ1v) is 8.15. The van der Waals surface area contributed by atoms with E-state index in [4.69, 9.17) is 6.11 Å². The molecule has 0 bridgehead atoms. The summed E-state index contributed by atoms with van der Waals surface area (Å²) in [6.07, 6.45) is -5.98. The first-order chi connectivity index (χ1) is 13.7. The number of ether oxygens (including phenoxy) is 2. The van der Waals surface area contributed by atoms with E-state index < -0.39 is 31.8 Å². The van der Waals surface area contributed by atoms with Crippen LogP contribution in [0, 0.1) is 5.82 Å². The fraction of sp³-hybridized carbons (Fsp3) is 0.263. The van der Waals surface area contributed by atoms with Crippen LogP contribution in [0.2, 0.25) is 0 Å². The molecule has 2 aromatic carbocycles. The van der Waals surface area contributed by atoms with Crippen LogP contribution in [-0.2, 0) is 4.74 Å². The van der Waals surface area contributed by atoms with E-state index in [2.05, 4.69) is 4.74 Å². The van der Waals surface area contributed by atoms with E-state index in [0.717, 1.165) is 6.07 Å². The maximum atomic E-state index is 14.6. The van der Waals surface area contributed by atoms with Crippen molar-refractivity contribution >= 4 is 17.4 Å². The summed E-state index contributed by atoms with van der Waals surface area (Å²) in [4.78, 5) is 1.44. The van der Waals surface area contributed by atoms with Crippen molar-refractivity contribution in [2.75, 3.05) is 24.7 Å². The van der Waals surface area contributed by atoms with Crippen LogP contribution in [0.3, 0.4) is 0 Å². The lowest BCUT2D eigenvalue weighted by molar-refractivity contribution is -0.325. The minimum atomic E-state index is -4.78. The van der Waals surface area contributed by atoms with Crippen molar-refractivity contribution in [3.8, 4) is 5.75 Å². The number of nitrogens with zero attached hydrogens (tertiary/aromatic N) is 1. The molecule has 28 heavy (non-hydrogen) atoms. The molecule has 0 unspecified atom stereocenters. The highest BCUT2D eigenvalue weighted by Crippen LogP contribution is 2.37. The number of rotatable bonds is 6. The van der Waals surface area contributed by atoms with Crippen LogP contribution in [0.1, 0.15) is 18.9 Å². The van der Waals surface area contributed by atoms with Gasteiger partial charge in [-0.05, 0) is 23.8 Å². The van der Waals surface area contributed by atoms with Crippen LogP contribution in [-0.4, -0.2) is 26.1 Å². The Hall–Kier alpha value is -2.68. The quantitative estimate of drug-likeness (QED) is 0.446. The predicted octanol–water partition coefficient (Wildman–Crippen LogP) is 5.84. The number of hydrogen-bond donors (Lipinski definition) is 0. The van der Waals surface area contributed by atoms with Crippen molar-refractivity contribution in [3.05, 3.63) is 59.4 Å². The van der Waals surface area contributed by atoms with Gasteiger partial charge in [0.25, 0.3) is 6.43 Å². The number of halogens is 6. The van der Waals surface area contributed by atoms with Crippen molar-refractivity contribution in [1.82, 2.24) is 0 Å². The highest BCUT2D eigenvalue weighted by Gasteiger charge is 2.28. The molecule has 1 aliphatic heterocycles. The summed E-state index contributed by atoms with van der Waals surface area (Å²) in [7, 11) is 0. The Labute approximate surface area is 158 Å². The lowest BCUT2D eigenvalue weighted by Gasteiger charge is -2.29. The van der Waals surface area contributed by atoms with Crippen molar-refractivity contribution in [2.24, 2.45) is 0 Å². The minimum Gasteiger partial charge on any atom is -0.491 e. The van der Waals surface area contributed by atoms with Crippen LogP contribution in [0.4, 0.5) is 37.7 Å². The molecule has 0 saturated carbocycles. The second-order valence-corrected chi connectivity index (χ2v) is 5.79. The first kappa shape index (κ1) is 18.7. The second kappa shape index (κ2) is 8.14. The van der Waals surface area contributed by atoms with Gasteiger partial charge < -0.3 is 9.64 Å². The third kappa shape index (κ3) is 4.78. The van der Waals surface area contributed by atoms with Crippen LogP contribution in [0.25, 0.3) is 6.05 Å². The van der Waals surface area contributed by atoms with Crippen LogP contribution in [0.5, 0.6) is 5.75 Å². The Morgan fingerprint density at radius 1 is 1.07 bits per heavy atom. The molecule has 0 N–H and O–H groups in total. The van der Waals surface area contributed by atoms with E-state index >= 15 is 0 Å². The third-order valence-electron chi connectivity index (χ3n) is 3.92. The molecule has 150 valence electrons. The van der Waals surface area contributed by atoms with Crippen molar-refractivity contribution in [2.45, 2.75) is 12.8 Å². The molecule has 0 fully saturated rings. The predicted molar refractivity (Wildman–Crippen MR) is 91.3 cm³/mol. The molecule has 0 amide bonds. The van der Waals surface area contributed by atoms with E-state index in [1.165, 1.54) is 41.3 Å². The van der Waals surface area contributed by atoms with Gasteiger partial charge in [0, 0.05) is 23.9 Å². The molecular weight excluding hydrogens is 388 g/mol. The van der Waals surface area contributed by atoms with Crippen LogP contribution in [0.15, 0.2) is 42.5 Å². The fourth-order valence-corrected chi connectivity index (χ4v) is 2.72. The Kier molecular flexibility index (Phi) is 5.43. The molecule has 1 aliphatic rings. The molecular formula is C19H15F6NO2. The highest BCUT2D eigenvalue weighted by atomic mass is 19.4. The smallest absolute Gasteiger partial charge is 0.491 e. The summed E-state index contributed by atoms with van der Waals surface area (Å²) in [5.41, 5.74) is 0.444. The molecule has 0 atom stereocenters. The monoisotopic (exact) mass is 404 g/mol. The molecule has 0 spiro atoms. The summed E-state index contributed by atoms with van der Waals surface area (Å²) in [6.45, 7) is -1.09. The lowest BCUT2D eigenvalue weighted by atomic mass is 10.0. The first-order valence-electron chi connectivity index (χ1n) is 8.65. The van der Waals surface area contributed by atoms with Crippen LogP contribution >= 0.6 is 0 Å². The topological polar surface area (TPSA) is 21.7 Å². The lowest BCUT2D eigenvalue weighted by Crippen LogP contribution is -2.22. The van der Waals surface area contributed by atoms with Gasteiger partial charge in [0.1, 0.15) is 12.4 Å². The van der Waals surface area contributed by atoms with Gasteiger partial charge in [-0.25, -0.2) is 13.2 Å². The van der Waals surface area contributed by atoms with Gasteiger partial charge in [-0.1, -0.05) is 24.3 Å². The number of benzene rings is 2. The number of fused-ring (bicyclic) bond motifs is 1. The Morgan fingerprint density at radius 2 is 1.86 bits per heavy atom. The van der Waals surface area contributed by atoms with Gasteiger partial charge in [0.05, 0.1) is 13.7 Å². The summed E-state index contributed by atoms with van der Waals surface area (Å²) in [6, 6.07) is 7.62. The third-order valence-corrected chi connectivity index (χ3v) is 3.92. The molecule has 0 radical (unpaired) electrons.